The Morgan fingerprint density at radius 1 is 0.654 bits per heavy atom. The smallest absolute Gasteiger partial charge is 0.233 e. The summed E-state index contributed by atoms with van der Waals surface area (Å²) in [6.45, 7) is -0.545. The lowest BCUT2D eigenvalue weighted by atomic mass is 9.40. The van der Waals surface area contributed by atoms with Crippen LogP contribution in [0.25, 0.3) is 0 Å². The third-order valence-corrected chi connectivity index (χ3v) is 7.17. The predicted molar refractivity (Wildman–Crippen MR) is 84.7 cm³/mol. The van der Waals surface area contributed by atoms with Gasteiger partial charge in [0, 0.05) is 0 Å². The number of β-amino-alcohol motifs (C(OH)–C–C–N with tert-alkyl or cyclic N) is 2. The first-order valence-corrected chi connectivity index (χ1v) is 9.13. The van der Waals surface area contributed by atoms with Gasteiger partial charge in [0.15, 0.2) is 0 Å². The number of fused-ring (bicyclic) bond motifs is 1. The summed E-state index contributed by atoms with van der Waals surface area (Å²) in [6.07, 6.45) is 3.90. The van der Waals surface area contributed by atoms with Crippen molar-refractivity contribution in [3.63, 3.8) is 0 Å². The van der Waals surface area contributed by atoms with E-state index in [1.807, 2.05) is 12.2 Å². The quantitative estimate of drug-likeness (QED) is 0.453. The summed E-state index contributed by atoms with van der Waals surface area (Å²) >= 11 is 0. The lowest BCUT2D eigenvalue weighted by molar-refractivity contribution is -0.166. The van der Waals surface area contributed by atoms with Crippen LogP contribution in [0.5, 0.6) is 0 Å². The molecule has 8 heteroatoms. The molecule has 26 heavy (non-hydrogen) atoms. The minimum absolute atomic E-state index is 0.00185. The zero-order chi connectivity index (χ0) is 18.3. The van der Waals surface area contributed by atoms with E-state index in [-0.39, 0.29) is 73.6 Å². The van der Waals surface area contributed by atoms with E-state index < -0.39 is 23.7 Å². The lowest BCUT2D eigenvalue weighted by Gasteiger charge is -2.60. The molecule has 2 N–H and O–H groups in total. The number of nitrogens with zero attached hydrogens (tertiary/aromatic N) is 2. The molecule has 2 saturated heterocycles. The van der Waals surface area contributed by atoms with E-state index in [2.05, 4.69) is 0 Å². The Kier molecular flexibility index (Phi) is 3.25. The standard InChI is InChI=1S/C18H20N2O6/c21-5-3-19-15(23)11-7-1-2-8(12(11)16(19)24)10-9(7)13-14(10)18(26)20(4-6-22)17(13)25/h1-2,7-14,21-22H,3-6H2/t7-,8+,9+,10?,11-,12-,13-,14-/m1/s1. The molecule has 4 aliphatic carbocycles. The third kappa shape index (κ3) is 1.63. The SMILES string of the molecule is O=C1[C@@H]2[C@@H]3C=C[C@@H](C4[C@H]3[C@H]3C(=O)N(CCO)C(=O)[C@H]43)[C@H]2C(=O)N1CCO. The van der Waals surface area contributed by atoms with Crippen molar-refractivity contribution in [2.45, 2.75) is 0 Å². The fourth-order valence-electron chi connectivity index (χ4n) is 6.37. The van der Waals surface area contributed by atoms with Crippen molar-refractivity contribution in [1.29, 1.82) is 0 Å². The summed E-state index contributed by atoms with van der Waals surface area (Å²) in [6, 6.07) is 0. The maximum absolute atomic E-state index is 12.8. The second-order valence-corrected chi connectivity index (χ2v) is 7.90. The fourth-order valence-corrected chi connectivity index (χ4v) is 6.37. The molecular weight excluding hydrogens is 340 g/mol. The summed E-state index contributed by atoms with van der Waals surface area (Å²) in [5.74, 6) is -3.51. The van der Waals surface area contributed by atoms with Crippen LogP contribution >= 0.6 is 0 Å². The van der Waals surface area contributed by atoms with Crippen molar-refractivity contribution >= 4 is 23.6 Å². The zero-order valence-corrected chi connectivity index (χ0v) is 14.0. The predicted octanol–water partition coefficient (Wildman–Crippen LogP) is -1.76. The molecule has 6 rings (SSSR count). The van der Waals surface area contributed by atoms with Gasteiger partial charge in [-0.2, -0.15) is 0 Å². The van der Waals surface area contributed by atoms with Crippen LogP contribution in [-0.4, -0.2) is 69.9 Å². The van der Waals surface area contributed by atoms with Crippen molar-refractivity contribution in [2.24, 2.45) is 47.3 Å². The fraction of sp³-hybridized carbons (Fsp3) is 0.667. The highest BCUT2D eigenvalue weighted by Crippen LogP contribution is 2.68. The van der Waals surface area contributed by atoms with Crippen LogP contribution in [0, 0.1) is 47.3 Å². The summed E-state index contributed by atoms with van der Waals surface area (Å²) in [4.78, 5) is 53.2. The van der Waals surface area contributed by atoms with Gasteiger partial charge in [-0.15, -0.1) is 0 Å². The van der Waals surface area contributed by atoms with E-state index in [1.54, 1.807) is 0 Å². The number of hydrogen-bond acceptors (Lipinski definition) is 6. The molecule has 4 fully saturated rings. The molecule has 0 aromatic carbocycles. The number of carbonyl (C=O) groups is 4. The van der Waals surface area contributed by atoms with E-state index in [4.69, 9.17) is 10.2 Å². The van der Waals surface area contributed by atoms with Gasteiger partial charge in [0.2, 0.25) is 23.6 Å². The average Bonchev–Trinajstić information content (AvgIpc) is 2.97. The van der Waals surface area contributed by atoms with Crippen LogP contribution in [0.2, 0.25) is 0 Å². The van der Waals surface area contributed by atoms with Gasteiger partial charge in [-0.25, -0.2) is 0 Å². The molecule has 6 aliphatic rings. The Bertz CT molecular complexity index is 707. The monoisotopic (exact) mass is 360 g/mol. The van der Waals surface area contributed by atoms with Gasteiger partial charge in [0.1, 0.15) is 0 Å². The molecule has 2 heterocycles. The molecule has 0 aromatic rings. The van der Waals surface area contributed by atoms with Crippen LogP contribution < -0.4 is 0 Å². The molecule has 0 radical (unpaired) electrons. The largest absolute Gasteiger partial charge is 0.395 e. The van der Waals surface area contributed by atoms with Crippen molar-refractivity contribution in [2.75, 3.05) is 26.3 Å². The minimum Gasteiger partial charge on any atom is -0.395 e. The molecule has 2 saturated carbocycles. The number of carbonyl (C=O) groups excluding carboxylic acids is 4. The van der Waals surface area contributed by atoms with Crippen LogP contribution in [0.4, 0.5) is 0 Å². The summed E-state index contributed by atoms with van der Waals surface area (Å²) in [7, 11) is 0. The summed E-state index contributed by atoms with van der Waals surface area (Å²) in [5.41, 5.74) is 0. The van der Waals surface area contributed by atoms with Crippen LogP contribution in [0.15, 0.2) is 12.2 Å². The Balaban J connectivity index is 1.51. The molecule has 0 spiro atoms. The van der Waals surface area contributed by atoms with Gasteiger partial charge in [0.05, 0.1) is 50.0 Å². The topological polar surface area (TPSA) is 115 Å². The molecule has 4 amide bonds. The average molecular weight is 360 g/mol. The maximum Gasteiger partial charge on any atom is 0.233 e. The second-order valence-electron chi connectivity index (χ2n) is 7.90. The number of aliphatic hydroxyl groups is 2. The van der Waals surface area contributed by atoms with E-state index in [0.29, 0.717) is 0 Å². The molecular formula is C18H20N2O6. The van der Waals surface area contributed by atoms with Gasteiger partial charge in [-0.1, -0.05) is 12.2 Å². The highest BCUT2D eigenvalue weighted by molar-refractivity contribution is 6.09. The molecule has 8 atom stereocenters. The minimum atomic E-state index is -0.485. The molecule has 1 unspecified atom stereocenters. The van der Waals surface area contributed by atoms with Crippen molar-refractivity contribution in [3.8, 4) is 0 Å². The highest BCUT2D eigenvalue weighted by Gasteiger charge is 2.74. The highest BCUT2D eigenvalue weighted by atomic mass is 16.3. The van der Waals surface area contributed by atoms with Gasteiger partial charge in [-0.3, -0.25) is 29.0 Å². The molecule has 8 nitrogen and oxygen atoms in total. The molecule has 2 bridgehead atoms. The normalized spacial score (nSPS) is 45.2. The Morgan fingerprint density at radius 3 is 1.35 bits per heavy atom. The summed E-state index contributed by atoms with van der Waals surface area (Å²) < 4.78 is 0. The lowest BCUT2D eigenvalue weighted by Crippen LogP contribution is -2.63. The van der Waals surface area contributed by atoms with E-state index in [1.165, 1.54) is 0 Å². The Morgan fingerprint density at radius 2 is 1.00 bits per heavy atom. The number of hydrogen-bond donors (Lipinski definition) is 2. The van der Waals surface area contributed by atoms with Gasteiger partial charge < -0.3 is 10.2 Å². The Labute approximate surface area is 149 Å². The van der Waals surface area contributed by atoms with Crippen LogP contribution in [-0.2, 0) is 19.2 Å². The number of rotatable bonds is 4. The maximum atomic E-state index is 12.8. The third-order valence-electron chi connectivity index (χ3n) is 7.17. The summed E-state index contributed by atoms with van der Waals surface area (Å²) in [5, 5.41) is 18.3. The van der Waals surface area contributed by atoms with Gasteiger partial charge in [0.25, 0.3) is 0 Å². The van der Waals surface area contributed by atoms with Gasteiger partial charge in [-0.05, 0) is 23.7 Å². The van der Waals surface area contributed by atoms with E-state index in [9.17, 15) is 19.2 Å². The number of imide groups is 2. The van der Waals surface area contributed by atoms with Crippen molar-refractivity contribution < 1.29 is 29.4 Å². The number of amides is 4. The molecule has 138 valence electrons. The van der Waals surface area contributed by atoms with Crippen molar-refractivity contribution in [1.82, 2.24) is 9.80 Å². The van der Waals surface area contributed by atoms with Crippen LogP contribution in [0.1, 0.15) is 0 Å². The van der Waals surface area contributed by atoms with E-state index >= 15 is 0 Å². The second kappa shape index (κ2) is 5.23. The molecule has 2 aliphatic heterocycles. The van der Waals surface area contributed by atoms with Crippen LogP contribution in [0.3, 0.4) is 0 Å². The zero-order valence-electron chi connectivity index (χ0n) is 14.0. The van der Waals surface area contributed by atoms with E-state index in [0.717, 1.165) is 9.80 Å². The first-order chi connectivity index (χ1) is 12.5. The van der Waals surface area contributed by atoms with Gasteiger partial charge >= 0.3 is 0 Å². The first kappa shape index (κ1) is 16.1. The Hall–Kier alpha value is -2.06. The first-order valence-electron chi connectivity index (χ1n) is 9.13. The number of aliphatic hydroxyl groups excluding tert-OH is 2. The molecule has 0 aromatic heterocycles. The number of likely N-dealkylation sites (tertiary alicyclic amines) is 2. The number of allylic oxidation sites excluding steroid dienone is 2. The van der Waals surface area contributed by atoms with Crippen molar-refractivity contribution in [3.05, 3.63) is 12.2 Å².